The molecule has 0 saturated carbocycles. The van der Waals surface area contributed by atoms with Crippen LogP contribution < -0.4 is 0 Å². The monoisotopic (exact) mass is 270 g/mol. The molecule has 0 aliphatic heterocycles. The van der Waals surface area contributed by atoms with Crippen molar-refractivity contribution in [3.8, 4) is 24.2 Å². The molecule has 0 fully saturated rings. The van der Waals surface area contributed by atoms with E-state index in [0.29, 0.717) is 0 Å². The van der Waals surface area contributed by atoms with Gasteiger partial charge in [-0.25, -0.2) is 0 Å². The lowest BCUT2D eigenvalue weighted by molar-refractivity contribution is 1.34. The van der Waals surface area contributed by atoms with Crippen molar-refractivity contribution in [3.63, 3.8) is 0 Å². The number of terminal acetylenes is 1. The van der Waals surface area contributed by atoms with Crippen LogP contribution in [0.15, 0.2) is 35.9 Å². The largest absolute Gasteiger partial charge is 0.115 e. The lowest BCUT2D eigenvalue weighted by Gasteiger charge is -1.93. The summed E-state index contributed by atoms with van der Waals surface area (Å²) in [5, 5.41) is 0. The maximum absolute atomic E-state index is 4.90. The van der Waals surface area contributed by atoms with Crippen LogP contribution >= 0.6 is 0 Å². The van der Waals surface area contributed by atoms with E-state index in [-0.39, 0.29) is 0 Å². The summed E-state index contributed by atoms with van der Waals surface area (Å²) >= 11 is 0. The van der Waals surface area contributed by atoms with E-state index in [1.807, 2.05) is 41.5 Å². The summed E-state index contributed by atoms with van der Waals surface area (Å²) in [6, 6.07) is 8.36. The van der Waals surface area contributed by atoms with Crippen molar-refractivity contribution in [1.82, 2.24) is 0 Å². The Balaban J connectivity index is -0.000000215. The van der Waals surface area contributed by atoms with Crippen LogP contribution in [0.1, 0.15) is 52.7 Å². The first-order valence-corrected chi connectivity index (χ1v) is 6.94. The van der Waals surface area contributed by atoms with E-state index in [4.69, 9.17) is 6.42 Å². The molecule has 0 heterocycles. The minimum absolute atomic E-state index is 1.18. The molecule has 0 heteroatoms. The standard InChI is InChI=1S/C8H10.C6H8.C4H6.C2H6/c1-7-5-3-4-6-8(7)2;1-4-5-6(2)3;1-3-4-2;1-2/h3-6H,1-2H3;1,5H,2-3H3;1-2H3;1-2H3. The number of allylic oxidation sites excluding steroid dienone is 2. The van der Waals surface area contributed by atoms with E-state index in [1.54, 1.807) is 6.08 Å². The Morgan fingerprint density at radius 1 is 0.950 bits per heavy atom. The molecule has 0 bridgehead atoms. The van der Waals surface area contributed by atoms with Gasteiger partial charge < -0.3 is 0 Å². The van der Waals surface area contributed by atoms with Gasteiger partial charge in [-0.2, -0.15) is 0 Å². The molecule has 0 aliphatic rings. The molecule has 0 N–H and O–H groups in total. The van der Waals surface area contributed by atoms with Gasteiger partial charge in [0.1, 0.15) is 0 Å². The maximum atomic E-state index is 4.90. The molecule has 0 saturated heterocycles. The number of hydrogen-bond acceptors (Lipinski definition) is 0. The zero-order chi connectivity index (χ0) is 16.4. The van der Waals surface area contributed by atoms with Crippen LogP contribution in [-0.4, -0.2) is 0 Å². The third-order valence-corrected chi connectivity index (χ3v) is 2.05. The van der Waals surface area contributed by atoms with E-state index < -0.39 is 0 Å². The molecule has 0 aliphatic carbocycles. The fraction of sp³-hybridized carbons (Fsp3) is 0.400. The topological polar surface area (TPSA) is 0 Å². The summed E-state index contributed by atoms with van der Waals surface area (Å²) in [7, 11) is 0. The molecule has 1 aromatic rings. The van der Waals surface area contributed by atoms with E-state index >= 15 is 0 Å². The van der Waals surface area contributed by atoms with E-state index in [9.17, 15) is 0 Å². The molecule has 20 heavy (non-hydrogen) atoms. The summed E-state index contributed by atoms with van der Waals surface area (Å²) < 4.78 is 0. The van der Waals surface area contributed by atoms with Crippen LogP contribution in [0.25, 0.3) is 0 Å². The van der Waals surface area contributed by atoms with Crippen molar-refractivity contribution in [3.05, 3.63) is 47.0 Å². The van der Waals surface area contributed by atoms with Gasteiger partial charge in [0, 0.05) is 0 Å². The van der Waals surface area contributed by atoms with Gasteiger partial charge >= 0.3 is 0 Å². The fourth-order valence-corrected chi connectivity index (χ4v) is 0.829. The van der Waals surface area contributed by atoms with Gasteiger partial charge in [-0.15, -0.1) is 18.3 Å². The van der Waals surface area contributed by atoms with Gasteiger partial charge in [-0.3, -0.25) is 0 Å². The molecule has 0 nitrogen and oxygen atoms in total. The summed E-state index contributed by atoms with van der Waals surface area (Å²) in [5.41, 5.74) is 3.91. The Morgan fingerprint density at radius 3 is 1.40 bits per heavy atom. The summed E-state index contributed by atoms with van der Waals surface area (Å²) in [5.74, 6) is 7.77. The van der Waals surface area contributed by atoms with Gasteiger partial charge in [0.05, 0.1) is 0 Å². The first-order valence-electron chi connectivity index (χ1n) is 6.94. The minimum atomic E-state index is 1.18. The average molecular weight is 270 g/mol. The zero-order valence-electron chi connectivity index (χ0n) is 14.5. The Labute approximate surface area is 127 Å². The second kappa shape index (κ2) is 19.4. The van der Waals surface area contributed by atoms with Crippen molar-refractivity contribution in [2.45, 2.75) is 55.4 Å². The molecule has 0 radical (unpaired) electrons. The van der Waals surface area contributed by atoms with Crippen molar-refractivity contribution >= 4 is 0 Å². The van der Waals surface area contributed by atoms with Gasteiger partial charge in [0.2, 0.25) is 0 Å². The highest BCUT2D eigenvalue weighted by Gasteiger charge is 1.83. The van der Waals surface area contributed by atoms with E-state index in [0.717, 1.165) is 0 Å². The van der Waals surface area contributed by atoms with Crippen molar-refractivity contribution in [2.24, 2.45) is 0 Å². The maximum Gasteiger partial charge on any atom is -0.00271 e. The molecule has 0 atom stereocenters. The van der Waals surface area contributed by atoms with Crippen molar-refractivity contribution in [2.75, 3.05) is 0 Å². The Kier molecular flexibility index (Phi) is 22.5. The van der Waals surface area contributed by atoms with Gasteiger partial charge in [0.15, 0.2) is 0 Å². The molecular formula is C20H30. The number of rotatable bonds is 0. The van der Waals surface area contributed by atoms with E-state index in [1.165, 1.54) is 16.7 Å². The highest BCUT2D eigenvalue weighted by Crippen LogP contribution is 2.02. The van der Waals surface area contributed by atoms with Gasteiger partial charge in [-0.05, 0) is 58.7 Å². The smallest absolute Gasteiger partial charge is 0.00271 e. The number of aryl methyl sites for hydroxylation is 2. The molecule has 0 amide bonds. The number of hydrogen-bond donors (Lipinski definition) is 0. The van der Waals surface area contributed by atoms with Crippen LogP contribution in [0.3, 0.4) is 0 Å². The molecule has 110 valence electrons. The molecule has 1 rings (SSSR count). The summed E-state index contributed by atoms with van der Waals surface area (Å²) in [6.07, 6.45) is 6.64. The lowest BCUT2D eigenvalue weighted by Crippen LogP contribution is -1.74. The van der Waals surface area contributed by atoms with Crippen molar-refractivity contribution < 1.29 is 0 Å². The molecule has 0 spiro atoms. The predicted molar refractivity (Wildman–Crippen MR) is 94.7 cm³/mol. The first kappa shape index (κ1) is 23.2. The Bertz CT molecular complexity index is 414. The summed E-state index contributed by atoms with van der Waals surface area (Å²) in [4.78, 5) is 0. The highest BCUT2D eigenvalue weighted by molar-refractivity contribution is 5.23. The zero-order valence-corrected chi connectivity index (χ0v) is 14.5. The van der Waals surface area contributed by atoms with E-state index in [2.05, 4.69) is 55.9 Å². The van der Waals surface area contributed by atoms with Crippen LogP contribution in [0.4, 0.5) is 0 Å². The Hall–Kier alpha value is -1.92. The van der Waals surface area contributed by atoms with Gasteiger partial charge in [-0.1, -0.05) is 49.6 Å². The normalized spacial score (nSPS) is 6.55. The fourth-order valence-electron chi connectivity index (χ4n) is 0.829. The lowest BCUT2D eigenvalue weighted by atomic mass is 10.1. The van der Waals surface area contributed by atoms with Crippen molar-refractivity contribution in [1.29, 1.82) is 0 Å². The molecule has 1 aromatic carbocycles. The third-order valence-electron chi connectivity index (χ3n) is 2.05. The van der Waals surface area contributed by atoms with Crippen LogP contribution in [0.2, 0.25) is 0 Å². The second-order valence-corrected chi connectivity index (χ2v) is 3.97. The predicted octanol–water partition coefficient (Wildman–Crippen LogP) is 5.95. The van der Waals surface area contributed by atoms with Gasteiger partial charge in [0.25, 0.3) is 0 Å². The van der Waals surface area contributed by atoms with Crippen LogP contribution in [-0.2, 0) is 0 Å². The molecular weight excluding hydrogens is 240 g/mol. The Morgan fingerprint density at radius 2 is 1.30 bits per heavy atom. The highest BCUT2D eigenvalue weighted by atomic mass is 13.9. The first-order chi connectivity index (χ1) is 9.49. The van der Waals surface area contributed by atoms with Crippen LogP contribution in [0, 0.1) is 38.0 Å². The minimum Gasteiger partial charge on any atom is -0.115 e. The SMILES string of the molecule is C#CC=C(C)C.CC.CC#CC.Cc1ccccc1C. The number of benzene rings is 1. The third kappa shape index (κ3) is 21.4. The second-order valence-electron chi connectivity index (χ2n) is 3.97. The summed E-state index contributed by atoms with van der Waals surface area (Å²) in [6.45, 7) is 15.8. The average Bonchev–Trinajstić information content (AvgIpc) is 2.45. The quantitative estimate of drug-likeness (QED) is 0.511. The molecule has 0 unspecified atom stereocenters. The molecule has 0 aromatic heterocycles. The van der Waals surface area contributed by atoms with Crippen LogP contribution in [0.5, 0.6) is 0 Å².